The molecule has 16 heavy (non-hydrogen) atoms. The zero-order valence-electron chi connectivity index (χ0n) is 9.69. The molecule has 0 radical (unpaired) electrons. The second-order valence-corrected chi connectivity index (χ2v) is 4.36. The normalized spacial score (nSPS) is 25.5. The molecule has 0 aromatic rings. The highest BCUT2D eigenvalue weighted by Gasteiger charge is 2.29. The van der Waals surface area contributed by atoms with Crippen molar-refractivity contribution in [2.75, 3.05) is 6.54 Å². The second kappa shape index (κ2) is 5.84. The van der Waals surface area contributed by atoms with Crippen molar-refractivity contribution in [2.45, 2.75) is 51.1 Å². The van der Waals surface area contributed by atoms with Crippen molar-refractivity contribution in [1.82, 2.24) is 4.90 Å². The quantitative estimate of drug-likeness (QED) is 0.724. The number of hydrogen-bond acceptors (Lipinski definition) is 3. The SMILES string of the molecule is CC(C(=O)O)N1CCCCCCC(N)C1=O. The van der Waals surface area contributed by atoms with E-state index in [1.54, 1.807) is 0 Å². The van der Waals surface area contributed by atoms with Crippen molar-refractivity contribution in [2.24, 2.45) is 5.73 Å². The Morgan fingerprint density at radius 3 is 2.69 bits per heavy atom. The zero-order valence-corrected chi connectivity index (χ0v) is 9.69. The van der Waals surface area contributed by atoms with Crippen molar-refractivity contribution in [3.8, 4) is 0 Å². The van der Waals surface area contributed by atoms with Gasteiger partial charge in [0.25, 0.3) is 0 Å². The first-order valence-electron chi connectivity index (χ1n) is 5.83. The Labute approximate surface area is 95.6 Å². The van der Waals surface area contributed by atoms with E-state index in [9.17, 15) is 9.59 Å². The fraction of sp³-hybridized carbons (Fsp3) is 0.818. The molecular weight excluding hydrogens is 208 g/mol. The molecule has 1 aliphatic heterocycles. The molecule has 1 saturated heterocycles. The van der Waals surface area contributed by atoms with Crippen molar-refractivity contribution in [3.05, 3.63) is 0 Å². The van der Waals surface area contributed by atoms with Gasteiger partial charge in [-0.15, -0.1) is 0 Å². The molecule has 0 saturated carbocycles. The lowest BCUT2D eigenvalue weighted by Gasteiger charge is -2.28. The molecule has 0 aromatic carbocycles. The summed E-state index contributed by atoms with van der Waals surface area (Å²) < 4.78 is 0. The third-order valence-electron chi connectivity index (χ3n) is 3.09. The van der Waals surface area contributed by atoms with Crippen LogP contribution in [0.3, 0.4) is 0 Å². The number of nitrogens with zero attached hydrogens (tertiary/aromatic N) is 1. The van der Waals surface area contributed by atoms with Gasteiger partial charge in [0.15, 0.2) is 0 Å². The first-order valence-corrected chi connectivity index (χ1v) is 5.83. The van der Waals surface area contributed by atoms with Crippen LogP contribution in [-0.4, -0.2) is 40.5 Å². The van der Waals surface area contributed by atoms with Gasteiger partial charge in [-0.3, -0.25) is 4.79 Å². The van der Waals surface area contributed by atoms with E-state index in [4.69, 9.17) is 10.8 Å². The molecule has 1 amide bonds. The van der Waals surface area contributed by atoms with Crippen LogP contribution in [0.25, 0.3) is 0 Å². The van der Waals surface area contributed by atoms with E-state index in [-0.39, 0.29) is 5.91 Å². The summed E-state index contributed by atoms with van der Waals surface area (Å²) in [5.74, 6) is -1.20. The van der Waals surface area contributed by atoms with E-state index in [0.717, 1.165) is 25.7 Å². The number of carboxylic acid groups (broad SMARTS) is 1. The van der Waals surface area contributed by atoms with Gasteiger partial charge in [0.05, 0.1) is 6.04 Å². The predicted octanol–water partition coefficient (Wildman–Crippen LogP) is 0.579. The first-order chi connectivity index (χ1) is 7.54. The lowest BCUT2D eigenvalue weighted by Crippen LogP contribution is -2.50. The van der Waals surface area contributed by atoms with Crippen LogP contribution >= 0.6 is 0 Å². The number of carbonyl (C=O) groups is 2. The molecule has 0 aromatic heterocycles. The molecule has 5 heteroatoms. The van der Waals surface area contributed by atoms with Gasteiger partial charge in [-0.2, -0.15) is 0 Å². The summed E-state index contributed by atoms with van der Waals surface area (Å²) in [6.07, 6.45) is 4.55. The van der Waals surface area contributed by atoms with Gasteiger partial charge < -0.3 is 15.7 Å². The molecule has 2 atom stereocenters. The van der Waals surface area contributed by atoms with Crippen LogP contribution in [0.15, 0.2) is 0 Å². The summed E-state index contributed by atoms with van der Waals surface area (Å²) in [6, 6.07) is -1.32. The van der Waals surface area contributed by atoms with Gasteiger partial charge in [-0.25, -0.2) is 4.79 Å². The molecule has 1 rings (SSSR count). The Morgan fingerprint density at radius 1 is 1.44 bits per heavy atom. The van der Waals surface area contributed by atoms with Crippen molar-refractivity contribution < 1.29 is 14.7 Å². The minimum atomic E-state index is -0.972. The van der Waals surface area contributed by atoms with Crippen molar-refractivity contribution in [1.29, 1.82) is 0 Å². The number of hydrogen-bond donors (Lipinski definition) is 2. The van der Waals surface area contributed by atoms with Gasteiger partial charge in [-0.05, 0) is 19.8 Å². The molecule has 5 nitrogen and oxygen atoms in total. The molecule has 0 bridgehead atoms. The van der Waals surface area contributed by atoms with E-state index in [1.807, 2.05) is 0 Å². The second-order valence-electron chi connectivity index (χ2n) is 4.36. The fourth-order valence-corrected chi connectivity index (χ4v) is 1.96. The average molecular weight is 228 g/mol. The van der Waals surface area contributed by atoms with E-state index in [0.29, 0.717) is 13.0 Å². The molecule has 1 heterocycles. The van der Waals surface area contributed by atoms with Crippen LogP contribution < -0.4 is 5.73 Å². The highest BCUT2D eigenvalue weighted by atomic mass is 16.4. The third kappa shape index (κ3) is 3.20. The monoisotopic (exact) mass is 228 g/mol. The lowest BCUT2D eigenvalue weighted by molar-refractivity contribution is -0.150. The lowest BCUT2D eigenvalue weighted by atomic mass is 10.1. The zero-order chi connectivity index (χ0) is 12.1. The Balaban J connectivity index is 2.75. The topological polar surface area (TPSA) is 83.6 Å². The summed E-state index contributed by atoms with van der Waals surface area (Å²) in [5, 5.41) is 8.94. The standard InChI is InChI=1S/C11H20N2O3/c1-8(11(15)16)13-7-5-3-2-4-6-9(12)10(13)14/h8-9H,2-7,12H2,1H3,(H,15,16). The summed E-state index contributed by atoms with van der Waals surface area (Å²) in [5.41, 5.74) is 5.76. The summed E-state index contributed by atoms with van der Waals surface area (Å²) in [4.78, 5) is 24.2. The van der Waals surface area contributed by atoms with E-state index < -0.39 is 18.1 Å². The van der Waals surface area contributed by atoms with Crippen LogP contribution in [0.2, 0.25) is 0 Å². The first kappa shape index (κ1) is 13.0. The van der Waals surface area contributed by atoms with Crippen LogP contribution in [0, 0.1) is 0 Å². The number of amides is 1. The molecule has 1 aliphatic rings. The average Bonchev–Trinajstić information content (AvgIpc) is 2.32. The van der Waals surface area contributed by atoms with Gasteiger partial charge in [0, 0.05) is 6.54 Å². The van der Waals surface area contributed by atoms with Crippen molar-refractivity contribution in [3.63, 3.8) is 0 Å². The maximum atomic E-state index is 11.9. The maximum absolute atomic E-state index is 11.9. The van der Waals surface area contributed by atoms with Gasteiger partial charge in [0.2, 0.25) is 5.91 Å². The van der Waals surface area contributed by atoms with Crippen molar-refractivity contribution >= 4 is 11.9 Å². The predicted molar refractivity (Wildman–Crippen MR) is 59.9 cm³/mol. The Morgan fingerprint density at radius 2 is 2.06 bits per heavy atom. The fourth-order valence-electron chi connectivity index (χ4n) is 1.96. The minimum Gasteiger partial charge on any atom is -0.480 e. The Hall–Kier alpha value is -1.10. The van der Waals surface area contributed by atoms with E-state index >= 15 is 0 Å². The Kier molecular flexibility index (Phi) is 4.73. The van der Waals surface area contributed by atoms with Gasteiger partial charge in [-0.1, -0.05) is 19.3 Å². The number of nitrogens with two attached hydrogens (primary N) is 1. The van der Waals surface area contributed by atoms with Gasteiger partial charge >= 0.3 is 5.97 Å². The molecular formula is C11H20N2O3. The molecule has 3 N–H and O–H groups in total. The summed E-state index contributed by atoms with van der Waals surface area (Å²) in [6.45, 7) is 2.03. The van der Waals surface area contributed by atoms with Crippen LogP contribution in [0.1, 0.15) is 39.0 Å². The van der Waals surface area contributed by atoms with E-state index in [1.165, 1.54) is 11.8 Å². The molecule has 0 spiro atoms. The largest absolute Gasteiger partial charge is 0.480 e. The highest BCUT2D eigenvalue weighted by molar-refractivity contribution is 5.86. The number of carboxylic acids is 1. The summed E-state index contributed by atoms with van der Waals surface area (Å²) in [7, 11) is 0. The molecule has 2 unspecified atom stereocenters. The number of aliphatic carboxylic acids is 1. The van der Waals surface area contributed by atoms with E-state index in [2.05, 4.69) is 0 Å². The highest BCUT2D eigenvalue weighted by Crippen LogP contribution is 2.14. The summed E-state index contributed by atoms with van der Waals surface area (Å²) >= 11 is 0. The van der Waals surface area contributed by atoms with Crippen LogP contribution in [-0.2, 0) is 9.59 Å². The molecule has 1 fully saturated rings. The number of rotatable bonds is 2. The smallest absolute Gasteiger partial charge is 0.326 e. The maximum Gasteiger partial charge on any atom is 0.326 e. The molecule has 0 aliphatic carbocycles. The minimum absolute atomic E-state index is 0.225. The molecule has 92 valence electrons. The Bertz CT molecular complexity index is 268. The van der Waals surface area contributed by atoms with Gasteiger partial charge in [0.1, 0.15) is 6.04 Å². The van der Waals surface area contributed by atoms with Crippen LogP contribution in [0.5, 0.6) is 0 Å². The third-order valence-corrected chi connectivity index (χ3v) is 3.09. The van der Waals surface area contributed by atoms with Crippen LogP contribution in [0.4, 0.5) is 0 Å². The number of carbonyl (C=O) groups excluding carboxylic acids is 1.